The number of rotatable bonds is 6. The number of hydrogen-bond donors (Lipinski definition) is 1. The topological polar surface area (TPSA) is 28.2 Å². The molecule has 0 aliphatic heterocycles. The Kier molecular flexibility index (Phi) is 5.59. The van der Waals surface area contributed by atoms with Gasteiger partial charge in [-0.1, -0.05) is 43.6 Å². The summed E-state index contributed by atoms with van der Waals surface area (Å²) in [6.07, 6.45) is 0. The highest BCUT2D eigenvalue weighted by Gasteiger charge is 2.05. The van der Waals surface area contributed by atoms with Gasteiger partial charge in [0.25, 0.3) is 0 Å². The van der Waals surface area contributed by atoms with Crippen molar-refractivity contribution in [2.45, 2.75) is 33.0 Å². The van der Waals surface area contributed by atoms with E-state index >= 15 is 0 Å². The number of halogens is 1. The van der Waals surface area contributed by atoms with Gasteiger partial charge >= 0.3 is 0 Å². The van der Waals surface area contributed by atoms with Crippen LogP contribution in [0.2, 0.25) is 5.02 Å². The van der Waals surface area contributed by atoms with Crippen LogP contribution in [-0.4, -0.2) is 18.1 Å². The summed E-state index contributed by atoms with van der Waals surface area (Å²) in [4.78, 5) is 6.84. The van der Waals surface area contributed by atoms with Gasteiger partial charge in [0.2, 0.25) is 0 Å². The molecule has 1 N–H and O–H groups in total. The van der Waals surface area contributed by atoms with E-state index in [0.717, 1.165) is 29.6 Å². The highest BCUT2D eigenvalue weighted by molar-refractivity contribution is 6.30. The first kappa shape index (κ1) is 15.8. The maximum Gasteiger partial charge on any atom is 0.128 e. The van der Waals surface area contributed by atoms with Gasteiger partial charge in [0.15, 0.2) is 0 Å². The molecule has 0 spiro atoms. The molecule has 0 bridgehead atoms. The molecule has 0 fully saturated rings. The van der Waals surface area contributed by atoms with Crippen molar-refractivity contribution in [2.24, 2.45) is 0 Å². The minimum atomic E-state index is 0.460. The number of benzene rings is 1. The van der Waals surface area contributed by atoms with Gasteiger partial charge in [-0.25, -0.2) is 4.98 Å². The molecule has 21 heavy (non-hydrogen) atoms. The van der Waals surface area contributed by atoms with Crippen LogP contribution in [0.3, 0.4) is 0 Å². The third-order valence-corrected chi connectivity index (χ3v) is 3.46. The average molecular weight is 304 g/mol. The van der Waals surface area contributed by atoms with Crippen LogP contribution in [0.15, 0.2) is 42.5 Å². The van der Waals surface area contributed by atoms with Crippen molar-refractivity contribution in [3.8, 4) is 0 Å². The van der Waals surface area contributed by atoms with Gasteiger partial charge in [0.1, 0.15) is 5.82 Å². The van der Waals surface area contributed by atoms with Gasteiger partial charge in [0, 0.05) is 31.2 Å². The van der Waals surface area contributed by atoms with Crippen LogP contribution >= 0.6 is 11.6 Å². The zero-order chi connectivity index (χ0) is 15.2. The molecule has 0 atom stereocenters. The number of nitrogens with zero attached hydrogens (tertiary/aromatic N) is 2. The van der Waals surface area contributed by atoms with Crippen molar-refractivity contribution < 1.29 is 0 Å². The first-order valence-corrected chi connectivity index (χ1v) is 7.57. The van der Waals surface area contributed by atoms with Crippen LogP contribution in [0.4, 0.5) is 5.82 Å². The molecule has 112 valence electrons. The summed E-state index contributed by atoms with van der Waals surface area (Å²) in [5.41, 5.74) is 2.28. The smallest absolute Gasteiger partial charge is 0.128 e. The summed E-state index contributed by atoms with van der Waals surface area (Å²) < 4.78 is 0. The lowest BCUT2D eigenvalue weighted by Gasteiger charge is -2.19. The van der Waals surface area contributed by atoms with Crippen LogP contribution in [0.1, 0.15) is 25.1 Å². The summed E-state index contributed by atoms with van der Waals surface area (Å²) in [5.74, 6) is 0.980. The van der Waals surface area contributed by atoms with Gasteiger partial charge in [-0.2, -0.15) is 0 Å². The van der Waals surface area contributed by atoms with Crippen molar-refractivity contribution in [1.82, 2.24) is 10.3 Å². The monoisotopic (exact) mass is 303 g/mol. The normalized spacial score (nSPS) is 10.9. The third-order valence-electron chi connectivity index (χ3n) is 3.21. The highest BCUT2D eigenvalue weighted by atomic mass is 35.5. The molecule has 0 saturated heterocycles. The molecule has 2 aromatic rings. The van der Waals surface area contributed by atoms with Gasteiger partial charge < -0.3 is 10.2 Å². The van der Waals surface area contributed by atoms with Gasteiger partial charge in [-0.15, -0.1) is 0 Å². The molecule has 2 rings (SSSR count). The van der Waals surface area contributed by atoms with Crippen LogP contribution < -0.4 is 10.2 Å². The summed E-state index contributed by atoms with van der Waals surface area (Å²) in [6, 6.07) is 14.5. The Labute approximate surface area is 132 Å². The molecule has 0 saturated carbocycles. The Hall–Kier alpha value is -1.58. The van der Waals surface area contributed by atoms with Crippen molar-refractivity contribution in [3.63, 3.8) is 0 Å². The molecule has 0 radical (unpaired) electrons. The number of nitrogens with one attached hydrogen (secondary N) is 1. The highest BCUT2D eigenvalue weighted by Crippen LogP contribution is 2.15. The quantitative estimate of drug-likeness (QED) is 0.878. The van der Waals surface area contributed by atoms with E-state index in [0.29, 0.717) is 6.04 Å². The van der Waals surface area contributed by atoms with Gasteiger partial charge in [0.05, 0.1) is 5.69 Å². The molecule has 1 aromatic heterocycles. The second-order valence-corrected chi connectivity index (χ2v) is 5.94. The Morgan fingerprint density at radius 3 is 2.52 bits per heavy atom. The summed E-state index contributed by atoms with van der Waals surface area (Å²) in [6.45, 7) is 5.87. The summed E-state index contributed by atoms with van der Waals surface area (Å²) in [5, 5.41) is 4.15. The van der Waals surface area contributed by atoms with E-state index in [-0.39, 0.29) is 0 Å². The molecule has 0 unspecified atom stereocenters. The Morgan fingerprint density at radius 2 is 1.86 bits per heavy atom. The van der Waals surface area contributed by atoms with Gasteiger partial charge in [-0.05, 0) is 29.8 Å². The van der Waals surface area contributed by atoms with Crippen molar-refractivity contribution in [2.75, 3.05) is 11.9 Å². The number of pyridine rings is 1. The standard InChI is InChI=1S/C17H22ClN3/c1-13(2)19-11-16-5-4-6-17(20-16)21(3)12-14-7-9-15(18)10-8-14/h4-10,13,19H,11-12H2,1-3H3. The zero-order valence-corrected chi connectivity index (χ0v) is 13.6. The molecule has 3 nitrogen and oxygen atoms in total. The van der Waals surface area contributed by atoms with E-state index in [9.17, 15) is 0 Å². The Balaban J connectivity index is 2.03. The Morgan fingerprint density at radius 1 is 1.14 bits per heavy atom. The fourth-order valence-electron chi connectivity index (χ4n) is 2.03. The largest absolute Gasteiger partial charge is 0.355 e. The zero-order valence-electron chi connectivity index (χ0n) is 12.8. The van der Waals surface area contributed by atoms with Crippen LogP contribution in [0.5, 0.6) is 0 Å². The van der Waals surface area contributed by atoms with Crippen molar-refractivity contribution in [3.05, 3.63) is 58.7 Å². The predicted octanol–water partition coefficient (Wildman–Crippen LogP) is 3.87. The van der Waals surface area contributed by atoms with E-state index in [1.54, 1.807) is 0 Å². The second kappa shape index (κ2) is 7.43. The van der Waals surface area contributed by atoms with Crippen LogP contribution in [0.25, 0.3) is 0 Å². The van der Waals surface area contributed by atoms with E-state index in [2.05, 4.69) is 43.2 Å². The van der Waals surface area contributed by atoms with E-state index < -0.39 is 0 Å². The lowest BCUT2D eigenvalue weighted by molar-refractivity contribution is 0.581. The van der Waals surface area contributed by atoms with Gasteiger partial charge in [-0.3, -0.25) is 0 Å². The lowest BCUT2D eigenvalue weighted by Crippen LogP contribution is -2.23. The number of aromatic nitrogens is 1. The first-order valence-electron chi connectivity index (χ1n) is 7.19. The average Bonchev–Trinajstić information content (AvgIpc) is 2.48. The molecule has 0 amide bonds. The van der Waals surface area contributed by atoms with Crippen LogP contribution in [-0.2, 0) is 13.1 Å². The molecule has 4 heteroatoms. The fraction of sp³-hybridized carbons (Fsp3) is 0.353. The van der Waals surface area contributed by atoms with Crippen LogP contribution in [0, 0.1) is 0 Å². The minimum absolute atomic E-state index is 0.460. The molecule has 0 aliphatic rings. The summed E-state index contributed by atoms with van der Waals surface area (Å²) in [7, 11) is 2.05. The predicted molar refractivity (Wildman–Crippen MR) is 89.8 cm³/mol. The van der Waals surface area contributed by atoms with E-state index in [1.807, 2.05) is 30.3 Å². The molecular formula is C17H22ClN3. The third kappa shape index (κ3) is 5.03. The molecule has 0 aliphatic carbocycles. The fourth-order valence-corrected chi connectivity index (χ4v) is 2.16. The maximum absolute atomic E-state index is 5.91. The van der Waals surface area contributed by atoms with E-state index in [4.69, 9.17) is 16.6 Å². The second-order valence-electron chi connectivity index (χ2n) is 5.51. The van der Waals surface area contributed by atoms with E-state index in [1.165, 1.54) is 5.56 Å². The van der Waals surface area contributed by atoms with Crippen molar-refractivity contribution in [1.29, 1.82) is 0 Å². The number of anilines is 1. The van der Waals surface area contributed by atoms with Crippen molar-refractivity contribution >= 4 is 17.4 Å². The molecule has 1 heterocycles. The first-order chi connectivity index (χ1) is 10.0. The number of hydrogen-bond acceptors (Lipinski definition) is 3. The summed E-state index contributed by atoms with van der Waals surface area (Å²) >= 11 is 5.91. The minimum Gasteiger partial charge on any atom is -0.355 e. The maximum atomic E-state index is 5.91. The lowest BCUT2D eigenvalue weighted by atomic mass is 10.2. The Bertz CT molecular complexity index is 567. The SMILES string of the molecule is CC(C)NCc1cccc(N(C)Cc2ccc(Cl)cc2)n1. The molecule has 1 aromatic carbocycles. The molecular weight excluding hydrogens is 282 g/mol.